The second kappa shape index (κ2) is 12.6. The quantitative estimate of drug-likeness (QED) is 0.242. The average Bonchev–Trinajstić information content (AvgIpc) is 3.32. The molecule has 7 nitrogen and oxygen atoms in total. The van der Waals surface area contributed by atoms with Crippen LogP contribution in [0.15, 0.2) is 53.5 Å². The molecule has 0 atom stereocenters. The Hall–Kier alpha value is -4.03. The average molecular weight is 579 g/mol. The molecule has 0 bridgehead atoms. The van der Waals surface area contributed by atoms with Crippen LogP contribution in [0.3, 0.4) is 0 Å². The molecular formula is C28H28F6N6O. The topological polar surface area (TPSA) is 78.5 Å². The third-order valence-electron chi connectivity index (χ3n) is 6.74. The SMILES string of the molecule is Cc1cccc(F)c1.Cc1nc(-c2cc(C3CCCCC3)c(=O)n(Cc3ncccc3C(F)(F)F)n2)nn1C(F)F. The van der Waals surface area contributed by atoms with E-state index in [0.717, 1.165) is 54.5 Å². The van der Waals surface area contributed by atoms with Gasteiger partial charge in [0.25, 0.3) is 5.56 Å². The van der Waals surface area contributed by atoms with Crippen LogP contribution in [0.5, 0.6) is 0 Å². The van der Waals surface area contributed by atoms with Gasteiger partial charge in [-0.15, -0.1) is 5.10 Å². The third kappa shape index (κ3) is 7.39. The van der Waals surface area contributed by atoms with Crippen molar-refractivity contribution in [3.63, 3.8) is 0 Å². The van der Waals surface area contributed by atoms with Crippen molar-refractivity contribution in [1.82, 2.24) is 29.5 Å². The number of alkyl halides is 5. The van der Waals surface area contributed by atoms with Crippen LogP contribution in [0.1, 0.15) is 72.8 Å². The van der Waals surface area contributed by atoms with Gasteiger partial charge in [0, 0.05) is 11.8 Å². The van der Waals surface area contributed by atoms with Gasteiger partial charge in [0.15, 0.2) is 0 Å². The Labute approximate surface area is 231 Å². The molecule has 41 heavy (non-hydrogen) atoms. The first-order valence-electron chi connectivity index (χ1n) is 13.0. The molecule has 0 radical (unpaired) electrons. The summed E-state index contributed by atoms with van der Waals surface area (Å²) in [5, 5.41) is 7.93. The molecule has 13 heteroatoms. The number of aromatic nitrogens is 6. The van der Waals surface area contributed by atoms with Crippen molar-refractivity contribution in [2.24, 2.45) is 0 Å². The van der Waals surface area contributed by atoms with Crippen LogP contribution >= 0.6 is 0 Å². The van der Waals surface area contributed by atoms with Gasteiger partial charge in [0.05, 0.1) is 17.8 Å². The fraction of sp³-hybridized carbons (Fsp3) is 0.393. The minimum Gasteiger partial charge on any atom is -0.267 e. The van der Waals surface area contributed by atoms with Crippen LogP contribution < -0.4 is 5.56 Å². The molecule has 0 saturated heterocycles. The van der Waals surface area contributed by atoms with Gasteiger partial charge in [0.1, 0.15) is 17.3 Å². The van der Waals surface area contributed by atoms with E-state index in [-0.39, 0.29) is 34.8 Å². The molecule has 1 fully saturated rings. The van der Waals surface area contributed by atoms with Gasteiger partial charge in [-0.1, -0.05) is 31.4 Å². The summed E-state index contributed by atoms with van der Waals surface area (Å²) in [6.45, 7) is -0.234. The molecule has 3 heterocycles. The van der Waals surface area contributed by atoms with Gasteiger partial charge in [-0.2, -0.15) is 31.7 Å². The highest BCUT2D eigenvalue weighted by Crippen LogP contribution is 2.33. The number of pyridine rings is 1. The molecule has 3 aromatic heterocycles. The van der Waals surface area contributed by atoms with Crippen molar-refractivity contribution in [3.05, 3.63) is 93.0 Å². The van der Waals surface area contributed by atoms with Crippen molar-refractivity contribution in [3.8, 4) is 11.5 Å². The van der Waals surface area contributed by atoms with E-state index in [0.29, 0.717) is 10.2 Å². The Morgan fingerprint density at radius 3 is 2.32 bits per heavy atom. The Bertz CT molecular complexity index is 1520. The van der Waals surface area contributed by atoms with E-state index in [1.54, 1.807) is 6.07 Å². The molecule has 0 unspecified atom stereocenters. The van der Waals surface area contributed by atoms with Crippen LogP contribution in [0, 0.1) is 19.7 Å². The smallest absolute Gasteiger partial charge is 0.267 e. The fourth-order valence-corrected chi connectivity index (χ4v) is 4.75. The van der Waals surface area contributed by atoms with E-state index in [2.05, 4.69) is 20.2 Å². The molecule has 4 aromatic rings. The Kier molecular flexibility index (Phi) is 9.24. The summed E-state index contributed by atoms with van der Waals surface area (Å²) < 4.78 is 80.2. The number of hydrogen-bond acceptors (Lipinski definition) is 5. The van der Waals surface area contributed by atoms with E-state index in [1.807, 2.05) is 13.0 Å². The molecular weight excluding hydrogens is 550 g/mol. The number of halogens is 6. The zero-order valence-electron chi connectivity index (χ0n) is 22.4. The summed E-state index contributed by atoms with van der Waals surface area (Å²) in [6.07, 6.45) is 0.894. The van der Waals surface area contributed by atoms with Gasteiger partial charge >= 0.3 is 12.7 Å². The van der Waals surface area contributed by atoms with Gasteiger partial charge in [0.2, 0.25) is 5.82 Å². The Balaban J connectivity index is 0.000000417. The summed E-state index contributed by atoms with van der Waals surface area (Å²) in [7, 11) is 0. The van der Waals surface area contributed by atoms with E-state index >= 15 is 0 Å². The van der Waals surface area contributed by atoms with E-state index in [1.165, 1.54) is 31.3 Å². The highest BCUT2D eigenvalue weighted by molar-refractivity contribution is 5.49. The third-order valence-corrected chi connectivity index (χ3v) is 6.74. The van der Waals surface area contributed by atoms with Crippen LogP contribution in [-0.4, -0.2) is 29.5 Å². The second-order valence-corrected chi connectivity index (χ2v) is 9.78. The first-order valence-corrected chi connectivity index (χ1v) is 13.0. The largest absolute Gasteiger partial charge is 0.418 e. The zero-order valence-corrected chi connectivity index (χ0v) is 22.4. The number of hydrogen-bond donors (Lipinski definition) is 0. The number of benzene rings is 1. The molecule has 0 spiro atoms. The fourth-order valence-electron chi connectivity index (χ4n) is 4.75. The molecule has 0 aliphatic heterocycles. The summed E-state index contributed by atoms with van der Waals surface area (Å²) in [6, 6.07) is 10.0. The van der Waals surface area contributed by atoms with Crippen molar-refractivity contribution < 1.29 is 26.3 Å². The predicted molar refractivity (Wildman–Crippen MR) is 139 cm³/mol. The molecule has 1 saturated carbocycles. The lowest BCUT2D eigenvalue weighted by Gasteiger charge is -2.22. The standard InChI is InChI=1S/C21H21F5N6O.C7H7F/c1-12-28-18(30-32(12)20(22)23)16-10-14(13-6-3-2-4-7-13)19(33)31(29-16)11-17-15(21(24,25)26)8-5-9-27-17;1-6-3-2-4-7(8)5-6/h5,8-10,13,20H,2-4,6-7,11H2,1H3;2-5H,1H3. The minimum atomic E-state index is -4.66. The molecule has 5 rings (SSSR count). The lowest BCUT2D eigenvalue weighted by Crippen LogP contribution is -2.30. The number of rotatable bonds is 5. The molecule has 1 aliphatic carbocycles. The van der Waals surface area contributed by atoms with Gasteiger partial charge in [-0.05, 0) is 68.5 Å². The van der Waals surface area contributed by atoms with Gasteiger partial charge in [-0.3, -0.25) is 9.78 Å². The second-order valence-electron chi connectivity index (χ2n) is 9.78. The summed E-state index contributed by atoms with van der Waals surface area (Å²) in [5.41, 5.74) is -0.496. The first kappa shape index (κ1) is 29.9. The van der Waals surface area contributed by atoms with E-state index < -0.39 is 30.4 Å². The number of aryl methyl sites for hydroxylation is 2. The molecule has 218 valence electrons. The van der Waals surface area contributed by atoms with Crippen molar-refractivity contribution in [1.29, 1.82) is 0 Å². The zero-order chi connectivity index (χ0) is 29.7. The van der Waals surface area contributed by atoms with Crippen LogP contribution in [-0.2, 0) is 12.7 Å². The van der Waals surface area contributed by atoms with Crippen molar-refractivity contribution in [2.75, 3.05) is 0 Å². The maximum Gasteiger partial charge on any atom is 0.418 e. The van der Waals surface area contributed by atoms with Gasteiger partial charge in [-0.25, -0.2) is 14.1 Å². The highest BCUT2D eigenvalue weighted by atomic mass is 19.4. The van der Waals surface area contributed by atoms with Crippen LogP contribution in [0.4, 0.5) is 26.3 Å². The van der Waals surface area contributed by atoms with Crippen LogP contribution in [0.2, 0.25) is 0 Å². The first-order chi connectivity index (χ1) is 19.4. The Morgan fingerprint density at radius 1 is 1.00 bits per heavy atom. The van der Waals surface area contributed by atoms with E-state index in [9.17, 15) is 31.1 Å². The monoisotopic (exact) mass is 578 g/mol. The van der Waals surface area contributed by atoms with E-state index in [4.69, 9.17) is 0 Å². The lowest BCUT2D eigenvalue weighted by molar-refractivity contribution is -0.138. The summed E-state index contributed by atoms with van der Waals surface area (Å²) in [4.78, 5) is 21.1. The predicted octanol–water partition coefficient (Wildman–Crippen LogP) is 6.85. The Morgan fingerprint density at radius 2 is 1.73 bits per heavy atom. The van der Waals surface area contributed by atoms with Gasteiger partial charge < -0.3 is 0 Å². The van der Waals surface area contributed by atoms with Crippen molar-refractivity contribution >= 4 is 0 Å². The number of nitrogens with zero attached hydrogens (tertiary/aromatic N) is 6. The lowest BCUT2D eigenvalue weighted by atomic mass is 9.84. The highest BCUT2D eigenvalue weighted by Gasteiger charge is 2.34. The minimum absolute atomic E-state index is 0.0437. The molecule has 1 aliphatic rings. The summed E-state index contributed by atoms with van der Waals surface area (Å²) in [5.74, 6) is -0.452. The molecule has 1 aromatic carbocycles. The molecule has 0 N–H and O–H groups in total. The maximum atomic E-state index is 13.4. The molecule has 0 amide bonds. The van der Waals surface area contributed by atoms with Crippen molar-refractivity contribution in [2.45, 2.75) is 71.1 Å². The van der Waals surface area contributed by atoms with Crippen LogP contribution in [0.25, 0.3) is 11.5 Å². The normalized spacial score (nSPS) is 14.2. The maximum absolute atomic E-state index is 13.4. The summed E-state index contributed by atoms with van der Waals surface area (Å²) >= 11 is 0.